The molecule has 1 saturated carbocycles. The van der Waals surface area contributed by atoms with E-state index in [1.165, 1.54) is 6.08 Å². The van der Waals surface area contributed by atoms with Crippen molar-refractivity contribution in [1.82, 2.24) is 0 Å². The molecular weight excluding hydrogens is 564 g/mol. The number of allylic oxidation sites excluding steroid dienone is 1. The van der Waals surface area contributed by atoms with Gasteiger partial charge in [0, 0.05) is 11.5 Å². The van der Waals surface area contributed by atoms with Gasteiger partial charge in [0.1, 0.15) is 31.0 Å². The van der Waals surface area contributed by atoms with E-state index in [0.29, 0.717) is 12.8 Å². The van der Waals surface area contributed by atoms with E-state index in [-0.39, 0.29) is 17.1 Å². The second-order valence-corrected chi connectivity index (χ2v) is 10.6. The van der Waals surface area contributed by atoms with Crippen molar-refractivity contribution in [3.8, 4) is 0 Å². The van der Waals surface area contributed by atoms with E-state index in [2.05, 4.69) is 0 Å². The fraction of sp³-hybridized carbons (Fsp3) is 0.704. The molecule has 2 fully saturated rings. The Morgan fingerprint density at radius 2 is 1.79 bits per heavy atom. The quantitative estimate of drug-likeness (QED) is 0.125. The predicted octanol–water partition coefficient (Wildman–Crippen LogP) is -0.840. The van der Waals surface area contributed by atoms with Crippen LogP contribution in [0.15, 0.2) is 23.5 Å². The van der Waals surface area contributed by atoms with E-state index in [4.69, 9.17) is 23.7 Å². The van der Waals surface area contributed by atoms with Crippen molar-refractivity contribution in [2.45, 2.75) is 70.1 Å². The first-order valence-corrected chi connectivity index (χ1v) is 13.5. The Bertz CT molecular complexity index is 1070. The maximum Gasteiger partial charge on any atom is 0.337 e. The molecule has 2 aliphatic heterocycles. The molecule has 0 bridgehead atoms. The monoisotopic (exact) mass is 602 g/mol. The van der Waals surface area contributed by atoms with Gasteiger partial charge in [-0.25, -0.2) is 4.79 Å². The number of aliphatic hydroxyl groups is 4. The third-order valence-electron chi connectivity index (χ3n) is 8.17. The average Bonchev–Trinajstić information content (AvgIpc) is 3.33. The molecular formula is C27H38O15. The fourth-order valence-electron chi connectivity index (χ4n) is 5.83. The van der Waals surface area contributed by atoms with Crippen LogP contribution in [0.4, 0.5) is 0 Å². The first-order valence-electron chi connectivity index (χ1n) is 13.5. The molecule has 236 valence electrons. The minimum atomic E-state index is -1.75. The van der Waals surface area contributed by atoms with Gasteiger partial charge in [-0.2, -0.15) is 0 Å². The van der Waals surface area contributed by atoms with E-state index < -0.39 is 104 Å². The Morgan fingerprint density at radius 1 is 1.10 bits per heavy atom. The van der Waals surface area contributed by atoms with Gasteiger partial charge in [0.05, 0.1) is 43.8 Å². The highest BCUT2D eigenvalue weighted by Crippen LogP contribution is 2.42. The molecule has 0 aromatic heterocycles. The first kappa shape index (κ1) is 33.4. The Balaban J connectivity index is 1.77. The number of aliphatic hydroxyl groups excluding tert-OH is 4. The highest BCUT2D eigenvalue weighted by atomic mass is 16.8. The lowest BCUT2D eigenvalue weighted by Crippen LogP contribution is -2.60. The molecule has 15 heteroatoms. The van der Waals surface area contributed by atoms with E-state index >= 15 is 0 Å². The molecule has 3 rings (SSSR count). The number of carbonyl (C=O) groups excluding carboxylic acids is 2. The van der Waals surface area contributed by atoms with Crippen molar-refractivity contribution in [3.05, 3.63) is 23.5 Å². The Morgan fingerprint density at radius 3 is 2.36 bits per heavy atom. The maximum atomic E-state index is 13.0. The summed E-state index contributed by atoms with van der Waals surface area (Å²) in [4.78, 5) is 49.3. The fourth-order valence-corrected chi connectivity index (χ4v) is 5.83. The first-order chi connectivity index (χ1) is 19.9. The molecule has 0 unspecified atom stereocenters. The lowest BCUT2D eigenvalue weighted by molar-refractivity contribution is -0.327. The van der Waals surface area contributed by atoms with Crippen LogP contribution in [0.5, 0.6) is 0 Å². The minimum Gasteiger partial charge on any atom is -0.481 e. The number of methoxy groups -OCH3 is 1. The van der Waals surface area contributed by atoms with Crippen LogP contribution in [0.3, 0.4) is 0 Å². The number of carboxylic acids is 2. The number of rotatable bonds is 11. The molecule has 11 atom stereocenters. The molecule has 1 aliphatic carbocycles. The van der Waals surface area contributed by atoms with E-state index in [0.717, 1.165) is 13.4 Å². The van der Waals surface area contributed by atoms with Gasteiger partial charge in [0.2, 0.25) is 6.29 Å². The van der Waals surface area contributed by atoms with Crippen LogP contribution in [0.1, 0.15) is 33.1 Å². The van der Waals surface area contributed by atoms with Crippen molar-refractivity contribution < 1.29 is 73.5 Å². The van der Waals surface area contributed by atoms with Gasteiger partial charge in [-0.1, -0.05) is 13.0 Å². The van der Waals surface area contributed by atoms with Crippen molar-refractivity contribution in [2.24, 2.45) is 29.6 Å². The summed E-state index contributed by atoms with van der Waals surface area (Å²) in [5.74, 6) is -8.33. The third-order valence-corrected chi connectivity index (χ3v) is 8.17. The second kappa shape index (κ2) is 14.4. The zero-order valence-corrected chi connectivity index (χ0v) is 23.4. The summed E-state index contributed by atoms with van der Waals surface area (Å²) >= 11 is 0. The highest BCUT2D eigenvalue weighted by Gasteiger charge is 2.48. The maximum absolute atomic E-state index is 13.0. The van der Waals surface area contributed by atoms with Gasteiger partial charge in [0.15, 0.2) is 6.29 Å². The van der Waals surface area contributed by atoms with Crippen LogP contribution in [-0.2, 0) is 42.9 Å². The summed E-state index contributed by atoms with van der Waals surface area (Å²) in [5, 5.41) is 59.3. The van der Waals surface area contributed by atoms with Crippen LogP contribution < -0.4 is 0 Å². The Kier molecular flexibility index (Phi) is 11.5. The number of ether oxygens (including phenoxy) is 5. The number of hydrogen-bond donors (Lipinski definition) is 6. The van der Waals surface area contributed by atoms with Crippen molar-refractivity contribution in [1.29, 1.82) is 0 Å². The SMILES string of the molecule is C/C=C1/[C@H](O[C@@H]2O[C@H](CO)[C@@H](O)[C@H](O)[C@H]2O)OC=C(C(=O)OC)[C@H]1CC(=O)OC[C@@H](C(=O)O)[C@H]1CC[C@H](C)[C@H]1C(=O)O. The number of carbonyl (C=O) groups is 4. The van der Waals surface area contributed by atoms with Gasteiger partial charge in [-0.3, -0.25) is 14.4 Å². The summed E-state index contributed by atoms with van der Waals surface area (Å²) < 4.78 is 26.7. The summed E-state index contributed by atoms with van der Waals surface area (Å²) in [6.45, 7) is 2.01. The predicted molar refractivity (Wildman–Crippen MR) is 137 cm³/mol. The van der Waals surface area contributed by atoms with Gasteiger partial charge in [-0.15, -0.1) is 0 Å². The lowest BCUT2D eigenvalue weighted by Gasteiger charge is -2.41. The molecule has 15 nitrogen and oxygen atoms in total. The van der Waals surface area contributed by atoms with Gasteiger partial charge >= 0.3 is 23.9 Å². The van der Waals surface area contributed by atoms with Crippen LogP contribution in [-0.4, -0.2) is 112 Å². The molecule has 0 aromatic carbocycles. The minimum absolute atomic E-state index is 0.0958. The zero-order chi connectivity index (χ0) is 31.3. The van der Waals surface area contributed by atoms with Crippen LogP contribution in [0, 0.1) is 29.6 Å². The third kappa shape index (κ3) is 7.10. The van der Waals surface area contributed by atoms with Gasteiger partial charge in [-0.05, 0) is 31.6 Å². The largest absolute Gasteiger partial charge is 0.481 e. The molecule has 1 saturated heterocycles. The Hall–Kier alpha value is -3.08. The normalized spacial score (nSPS) is 36.5. The molecule has 0 amide bonds. The molecule has 0 radical (unpaired) electrons. The van der Waals surface area contributed by atoms with Crippen molar-refractivity contribution in [2.75, 3.05) is 20.3 Å². The summed E-state index contributed by atoms with van der Waals surface area (Å²) in [7, 11) is 1.11. The van der Waals surface area contributed by atoms with E-state index in [1.807, 2.05) is 0 Å². The number of carboxylic acid groups (broad SMARTS) is 2. The van der Waals surface area contributed by atoms with Crippen LogP contribution in [0.2, 0.25) is 0 Å². The van der Waals surface area contributed by atoms with Crippen molar-refractivity contribution in [3.63, 3.8) is 0 Å². The molecule has 0 aromatic rings. The smallest absolute Gasteiger partial charge is 0.337 e. The zero-order valence-electron chi connectivity index (χ0n) is 23.4. The van der Waals surface area contributed by atoms with E-state index in [9.17, 15) is 49.8 Å². The average molecular weight is 603 g/mol. The molecule has 6 N–H and O–H groups in total. The van der Waals surface area contributed by atoms with E-state index in [1.54, 1.807) is 13.8 Å². The summed E-state index contributed by atoms with van der Waals surface area (Å²) in [5.41, 5.74) is 0.0960. The van der Waals surface area contributed by atoms with Gasteiger partial charge < -0.3 is 54.3 Å². The molecule has 0 spiro atoms. The van der Waals surface area contributed by atoms with Gasteiger partial charge in [0.25, 0.3) is 0 Å². The van der Waals surface area contributed by atoms with Crippen LogP contribution in [0.25, 0.3) is 0 Å². The lowest BCUT2D eigenvalue weighted by atomic mass is 9.81. The number of hydrogen-bond acceptors (Lipinski definition) is 13. The molecule has 42 heavy (non-hydrogen) atoms. The van der Waals surface area contributed by atoms with Crippen LogP contribution >= 0.6 is 0 Å². The number of esters is 2. The second-order valence-electron chi connectivity index (χ2n) is 10.6. The molecule has 2 heterocycles. The highest BCUT2D eigenvalue weighted by molar-refractivity contribution is 5.90. The Labute approximate surface area is 241 Å². The standard InChI is InChI=1S/C27H38O15/c1-4-12-14(7-18(29)39-9-15(23(33)34)13-6-5-11(2)19(13)24(35)36)16(25(37)38-3)10-40-26(12)42-27-22(32)21(31)20(30)17(8-28)41-27/h4,10-11,13-15,17,19-22,26-28,30-32H,5-9H2,1-3H3,(H,33,34)(H,35,36)/b12-4+/t11-,13+,14-,15+,17+,19+,20+,21-,22+,26-,27-/m0/s1. The topological polar surface area (TPSA) is 236 Å². The summed E-state index contributed by atoms with van der Waals surface area (Å²) in [6, 6.07) is 0. The number of aliphatic carboxylic acids is 2. The summed E-state index contributed by atoms with van der Waals surface area (Å²) in [6.07, 6.45) is -6.48. The molecule has 3 aliphatic rings. The van der Waals surface area contributed by atoms with Crippen molar-refractivity contribution >= 4 is 23.9 Å².